The van der Waals surface area contributed by atoms with Crippen LogP contribution in [0.3, 0.4) is 0 Å². The number of rotatable bonds is 6. The van der Waals surface area contributed by atoms with E-state index in [1.165, 1.54) is 0 Å². The molecule has 6 nitrogen and oxygen atoms in total. The number of nitrogens with zero attached hydrogens (tertiary/aromatic N) is 2. The van der Waals surface area contributed by atoms with E-state index in [1.54, 1.807) is 23.0 Å². The summed E-state index contributed by atoms with van der Waals surface area (Å²) in [6.45, 7) is 3.89. The molecular weight excluding hydrogens is 340 g/mol. The molecule has 0 spiro atoms. The summed E-state index contributed by atoms with van der Waals surface area (Å²) in [4.78, 5) is 24.6. The molecule has 0 aliphatic carbocycles. The summed E-state index contributed by atoms with van der Waals surface area (Å²) < 4.78 is 1.76. The van der Waals surface area contributed by atoms with Crippen molar-refractivity contribution < 1.29 is 9.59 Å². The molecule has 2 N–H and O–H groups in total. The van der Waals surface area contributed by atoms with Crippen LogP contribution in [0.1, 0.15) is 28.5 Å². The maximum Gasteiger partial charge on any atom is 0.255 e. The molecule has 0 atom stereocenters. The van der Waals surface area contributed by atoms with Gasteiger partial charge in [-0.05, 0) is 37.6 Å². The number of anilines is 1. The number of hydrogen-bond acceptors (Lipinski definition) is 3. The molecule has 138 valence electrons. The summed E-state index contributed by atoms with van der Waals surface area (Å²) in [5.41, 5.74) is 4.04. The summed E-state index contributed by atoms with van der Waals surface area (Å²) in [6.07, 6.45) is 2.19. The van der Waals surface area contributed by atoms with E-state index in [-0.39, 0.29) is 18.4 Å². The van der Waals surface area contributed by atoms with Crippen LogP contribution < -0.4 is 10.6 Å². The van der Waals surface area contributed by atoms with Crippen LogP contribution in [0.5, 0.6) is 0 Å². The Morgan fingerprint density at radius 1 is 1.04 bits per heavy atom. The van der Waals surface area contributed by atoms with Gasteiger partial charge in [-0.25, -0.2) is 4.68 Å². The molecule has 0 fully saturated rings. The Balaban J connectivity index is 1.68. The van der Waals surface area contributed by atoms with Gasteiger partial charge in [-0.1, -0.05) is 42.8 Å². The molecule has 2 amide bonds. The normalized spacial score (nSPS) is 10.4. The number of aryl methyl sites for hydroxylation is 1. The van der Waals surface area contributed by atoms with Crippen molar-refractivity contribution in [2.45, 2.75) is 20.3 Å². The smallest absolute Gasteiger partial charge is 0.255 e. The average Bonchev–Trinajstić information content (AvgIpc) is 3.11. The first-order chi connectivity index (χ1) is 13.1. The molecule has 27 heavy (non-hydrogen) atoms. The minimum absolute atomic E-state index is 0.105. The maximum absolute atomic E-state index is 12.5. The third-order valence-electron chi connectivity index (χ3n) is 4.19. The molecule has 6 heteroatoms. The largest absolute Gasteiger partial charge is 0.343 e. The standard InChI is InChI=1S/C21H22N4O2/c1-3-19-18(13-23-25(19)17-11-9-15(2)10-12-17)21(27)22-14-20(26)24-16-7-5-4-6-8-16/h4-13H,3,14H2,1-2H3,(H,22,27)(H,24,26). The van der Waals surface area contributed by atoms with Gasteiger partial charge >= 0.3 is 0 Å². The van der Waals surface area contributed by atoms with E-state index < -0.39 is 0 Å². The quantitative estimate of drug-likeness (QED) is 0.707. The number of carbonyl (C=O) groups excluding carboxylic acids is 2. The third kappa shape index (κ3) is 4.41. The zero-order valence-corrected chi connectivity index (χ0v) is 15.4. The highest BCUT2D eigenvalue weighted by atomic mass is 16.2. The molecular formula is C21H22N4O2. The fourth-order valence-corrected chi connectivity index (χ4v) is 2.79. The monoisotopic (exact) mass is 362 g/mol. The first-order valence-corrected chi connectivity index (χ1v) is 8.85. The van der Waals surface area contributed by atoms with E-state index in [4.69, 9.17) is 0 Å². The lowest BCUT2D eigenvalue weighted by Crippen LogP contribution is -2.33. The Morgan fingerprint density at radius 2 is 1.74 bits per heavy atom. The lowest BCUT2D eigenvalue weighted by atomic mass is 10.1. The van der Waals surface area contributed by atoms with Gasteiger partial charge in [0.1, 0.15) is 0 Å². The molecule has 3 aromatic rings. The van der Waals surface area contributed by atoms with Gasteiger partial charge in [0.2, 0.25) is 5.91 Å². The van der Waals surface area contributed by atoms with E-state index in [9.17, 15) is 9.59 Å². The lowest BCUT2D eigenvalue weighted by Gasteiger charge is -2.09. The Kier molecular flexibility index (Phi) is 5.66. The van der Waals surface area contributed by atoms with Crippen LogP contribution in [-0.2, 0) is 11.2 Å². The zero-order chi connectivity index (χ0) is 19.2. The van der Waals surface area contributed by atoms with Crippen molar-refractivity contribution in [2.75, 3.05) is 11.9 Å². The molecule has 0 aliphatic rings. The Hall–Kier alpha value is -3.41. The first kappa shape index (κ1) is 18.4. The maximum atomic E-state index is 12.5. The minimum Gasteiger partial charge on any atom is -0.343 e. The zero-order valence-electron chi connectivity index (χ0n) is 15.4. The van der Waals surface area contributed by atoms with Crippen LogP contribution in [0.4, 0.5) is 5.69 Å². The van der Waals surface area contributed by atoms with Gasteiger partial charge in [0.15, 0.2) is 0 Å². The van der Waals surface area contributed by atoms with Crippen molar-refractivity contribution in [3.8, 4) is 5.69 Å². The molecule has 3 rings (SSSR count). The summed E-state index contributed by atoms with van der Waals surface area (Å²) in [5, 5.41) is 9.76. The highest BCUT2D eigenvalue weighted by Gasteiger charge is 2.17. The van der Waals surface area contributed by atoms with Crippen molar-refractivity contribution >= 4 is 17.5 Å². The fourth-order valence-electron chi connectivity index (χ4n) is 2.79. The number of amides is 2. The van der Waals surface area contributed by atoms with Crippen LogP contribution in [0, 0.1) is 6.92 Å². The highest BCUT2D eigenvalue weighted by Crippen LogP contribution is 2.16. The Bertz CT molecular complexity index is 931. The SMILES string of the molecule is CCc1c(C(=O)NCC(=O)Nc2ccccc2)cnn1-c1ccc(C)cc1. The third-order valence-corrected chi connectivity index (χ3v) is 4.19. The summed E-state index contributed by atoms with van der Waals surface area (Å²) in [5.74, 6) is -0.591. The molecule has 0 saturated carbocycles. The molecule has 1 heterocycles. The summed E-state index contributed by atoms with van der Waals surface area (Å²) in [6, 6.07) is 17.1. The second kappa shape index (κ2) is 8.31. The van der Waals surface area contributed by atoms with Crippen molar-refractivity contribution in [1.82, 2.24) is 15.1 Å². The van der Waals surface area contributed by atoms with Crippen LogP contribution in [0.15, 0.2) is 60.8 Å². The van der Waals surface area contributed by atoms with Gasteiger partial charge in [0.25, 0.3) is 5.91 Å². The van der Waals surface area contributed by atoms with E-state index in [2.05, 4.69) is 15.7 Å². The summed E-state index contributed by atoms with van der Waals surface area (Å²) >= 11 is 0. The Morgan fingerprint density at radius 3 is 2.41 bits per heavy atom. The highest BCUT2D eigenvalue weighted by molar-refractivity contribution is 5.99. The molecule has 2 aromatic carbocycles. The van der Waals surface area contributed by atoms with Gasteiger partial charge in [-0.2, -0.15) is 5.10 Å². The molecule has 0 unspecified atom stereocenters. The summed E-state index contributed by atoms with van der Waals surface area (Å²) in [7, 11) is 0. The van der Waals surface area contributed by atoms with Crippen LogP contribution >= 0.6 is 0 Å². The molecule has 1 aromatic heterocycles. The lowest BCUT2D eigenvalue weighted by molar-refractivity contribution is -0.115. The molecule has 0 aliphatic heterocycles. The van der Waals surface area contributed by atoms with Gasteiger partial charge in [0, 0.05) is 5.69 Å². The predicted molar refractivity (Wildman–Crippen MR) is 105 cm³/mol. The van der Waals surface area contributed by atoms with Crippen LogP contribution in [-0.4, -0.2) is 28.1 Å². The van der Waals surface area contributed by atoms with Gasteiger partial charge in [-0.3, -0.25) is 9.59 Å². The van der Waals surface area contributed by atoms with E-state index in [1.807, 2.05) is 56.3 Å². The molecule has 0 radical (unpaired) electrons. The number of para-hydroxylation sites is 1. The number of hydrogen-bond donors (Lipinski definition) is 2. The van der Waals surface area contributed by atoms with E-state index in [0.717, 1.165) is 16.9 Å². The fraction of sp³-hybridized carbons (Fsp3) is 0.190. The van der Waals surface area contributed by atoms with Gasteiger partial charge in [0.05, 0.1) is 29.7 Å². The van der Waals surface area contributed by atoms with Crippen molar-refractivity contribution in [3.63, 3.8) is 0 Å². The number of nitrogens with one attached hydrogen (secondary N) is 2. The second-order valence-corrected chi connectivity index (χ2v) is 6.20. The van der Waals surface area contributed by atoms with Crippen molar-refractivity contribution in [2.24, 2.45) is 0 Å². The topological polar surface area (TPSA) is 76.0 Å². The van der Waals surface area contributed by atoms with Crippen molar-refractivity contribution in [1.29, 1.82) is 0 Å². The predicted octanol–water partition coefficient (Wildman–Crippen LogP) is 3.11. The van der Waals surface area contributed by atoms with Crippen LogP contribution in [0.2, 0.25) is 0 Å². The Labute approximate surface area is 158 Å². The van der Waals surface area contributed by atoms with Gasteiger partial charge < -0.3 is 10.6 Å². The number of benzene rings is 2. The first-order valence-electron chi connectivity index (χ1n) is 8.85. The number of aromatic nitrogens is 2. The number of carbonyl (C=O) groups is 2. The molecule has 0 saturated heterocycles. The van der Waals surface area contributed by atoms with Crippen LogP contribution in [0.25, 0.3) is 5.69 Å². The van der Waals surface area contributed by atoms with Gasteiger partial charge in [-0.15, -0.1) is 0 Å². The minimum atomic E-state index is -0.312. The van der Waals surface area contributed by atoms with Crippen molar-refractivity contribution in [3.05, 3.63) is 77.6 Å². The average molecular weight is 362 g/mol. The molecule has 0 bridgehead atoms. The van der Waals surface area contributed by atoms with E-state index >= 15 is 0 Å². The van der Waals surface area contributed by atoms with E-state index in [0.29, 0.717) is 17.7 Å². The second-order valence-electron chi connectivity index (χ2n) is 6.20.